The molecule has 152 valence electrons. The number of hydrogen-bond acceptors (Lipinski definition) is 7. The lowest BCUT2D eigenvalue weighted by atomic mass is 10.1. The molecule has 0 aliphatic heterocycles. The van der Waals surface area contributed by atoms with Gasteiger partial charge in [0, 0.05) is 12.0 Å². The second-order valence-corrected chi connectivity index (χ2v) is 5.85. The van der Waals surface area contributed by atoms with Crippen molar-refractivity contribution in [1.29, 1.82) is 0 Å². The van der Waals surface area contributed by atoms with Gasteiger partial charge in [-0.25, -0.2) is 0 Å². The number of benzene rings is 2. The van der Waals surface area contributed by atoms with Gasteiger partial charge in [0.2, 0.25) is 5.75 Å². The van der Waals surface area contributed by atoms with Crippen LogP contribution in [0.5, 0.6) is 28.7 Å². The van der Waals surface area contributed by atoms with Crippen LogP contribution in [0.2, 0.25) is 0 Å². The maximum atomic E-state index is 12.2. The van der Waals surface area contributed by atoms with Gasteiger partial charge in [-0.2, -0.15) is 0 Å². The molecule has 0 atom stereocenters. The lowest BCUT2D eigenvalue weighted by Gasteiger charge is -2.14. The molecule has 0 bridgehead atoms. The van der Waals surface area contributed by atoms with Gasteiger partial charge in [-0.1, -0.05) is 12.1 Å². The van der Waals surface area contributed by atoms with E-state index in [4.69, 9.17) is 28.4 Å². The quantitative estimate of drug-likeness (QED) is 0.576. The highest BCUT2D eigenvalue weighted by Crippen LogP contribution is 2.38. The molecule has 0 saturated carbocycles. The average Bonchev–Trinajstić information content (AvgIpc) is 2.74. The first kappa shape index (κ1) is 21.2. The van der Waals surface area contributed by atoms with Crippen molar-refractivity contribution in [3.8, 4) is 28.7 Å². The lowest BCUT2D eigenvalue weighted by Crippen LogP contribution is -2.07. The van der Waals surface area contributed by atoms with Crippen LogP contribution in [-0.2, 0) is 22.6 Å². The van der Waals surface area contributed by atoms with Gasteiger partial charge in [0.1, 0.15) is 6.61 Å². The fourth-order valence-corrected chi connectivity index (χ4v) is 2.82. The van der Waals surface area contributed by atoms with Crippen molar-refractivity contribution in [2.75, 3.05) is 35.5 Å². The summed E-state index contributed by atoms with van der Waals surface area (Å²) < 4.78 is 32.0. The molecular formula is C21H26O7. The monoisotopic (exact) mass is 390 g/mol. The van der Waals surface area contributed by atoms with Crippen LogP contribution in [-0.4, -0.2) is 41.5 Å². The van der Waals surface area contributed by atoms with Gasteiger partial charge >= 0.3 is 5.97 Å². The molecule has 7 nitrogen and oxygen atoms in total. The van der Waals surface area contributed by atoms with Gasteiger partial charge in [-0.3, -0.25) is 4.79 Å². The smallest absolute Gasteiger partial charge is 0.306 e. The number of carbonyl (C=O) groups is 1. The molecule has 0 spiro atoms. The largest absolute Gasteiger partial charge is 0.493 e. The molecule has 0 aliphatic rings. The molecule has 0 heterocycles. The first-order chi connectivity index (χ1) is 13.6. The molecule has 0 fully saturated rings. The summed E-state index contributed by atoms with van der Waals surface area (Å²) in [5.41, 5.74) is 1.62. The number of hydrogen-bond donors (Lipinski definition) is 0. The average molecular weight is 390 g/mol. The molecule has 0 amide bonds. The zero-order valence-electron chi connectivity index (χ0n) is 16.9. The molecule has 0 saturated heterocycles. The second kappa shape index (κ2) is 10.3. The topological polar surface area (TPSA) is 72.5 Å². The third-order valence-electron chi connectivity index (χ3n) is 4.22. The Morgan fingerprint density at radius 2 is 1.39 bits per heavy atom. The molecule has 0 aliphatic carbocycles. The van der Waals surface area contributed by atoms with Crippen molar-refractivity contribution in [1.82, 2.24) is 0 Å². The van der Waals surface area contributed by atoms with E-state index in [2.05, 4.69) is 0 Å². The SMILES string of the molecule is COc1cccc(COC(=O)CCc2cc(OC)c(OC)c(OC)c2)c1OC. The summed E-state index contributed by atoms with van der Waals surface area (Å²) in [6.45, 7) is 0.106. The van der Waals surface area contributed by atoms with Crippen molar-refractivity contribution in [2.24, 2.45) is 0 Å². The van der Waals surface area contributed by atoms with Crippen LogP contribution in [0, 0.1) is 0 Å². The van der Waals surface area contributed by atoms with Crippen molar-refractivity contribution in [2.45, 2.75) is 19.4 Å². The third-order valence-corrected chi connectivity index (χ3v) is 4.22. The first-order valence-electron chi connectivity index (χ1n) is 8.72. The highest BCUT2D eigenvalue weighted by atomic mass is 16.5. The van der Waals surface area contributed by atoms with E-state index in [0.29, 0.717) is 35.2 Å². The van der Waals surface area contributed by atoms with Crippen molar-refractivity contribution >= 4 is 5.97 Å². The Bertz CT molecular complexity index is 776. The second-order valence-electron chi connectivity index (χ2n) is 5.85. The van der Waals surface area contributed by atoms with Gasteiger partial charge < -0.3 is 28.4 Å². The van der Waals surface area contributed by atoms with Gasteiger partial charge in [-0.05, 0) is 30.2 Å². The number of rotatable bonds is 10. The molecule has 0 N–H and O–H groups in total. The molecule has 0 unspecified atom stereocenters. The standard InChI is InChI=1S/C21H26O7/c1-23-16-8-6-7-15(20(16)26-4)13-28-19(22)10-9-14-11-17(24-2)21(27-5)18(12-14)25-3/h6-8,11-12H,9-10,13H2,1-5H3. The predicted molar refractivity (Wildman–Crippen MR) is 104 cm³/mol. The number of esters is 1. The minimum Gasteiger partial charge on any atom is -0.493 e. The molecular weight excluding hydrogens is 364 g/mol. The molecule has 0 radical (unpaired) electrons. The van der Waals surface area contributed by atoms with E-state index in [1.165, 1.54) is 0 Å². The molecule has 28 heavy (non-hydrogen) atoms. The fraction of sp³-hybridized carbons (Fsp3) is 0.381. The molecule has 2 aromatic rings. The lowest BCUT2D eigenvalue weighted by molar-refractivity contribution is -0.144. The van der Waals surface area contributed by atoms with Crippen LogP contribution in [0.15, 0.2) is 30.3 Å². The van der Waals surface area contributed by atoms with E-state index >= 15 is 0 Å². The Labute approximate surface area is 165 Å². The van der Waals surface area contributed by atoms with Crippen LogP contribution in [0.3, 0.4) is 0 Å². The third kappa shape index (κ3) is 5.00. The molecule has 0 aromatic heterocycles. The van der Waals surface area contributed by atoms with E-state index in [1.807, 2.05) is 24.3 Å². The zero-order valence-corrected chi connectivity index (χ0v) is 16.9. The number of carbonyl (C=O) groups excluding carboxylic acids is 1. The van der Waals surface area contributed by atoms with Crippen molar-refractivity contribution in [3.05, 3.63) is 41.5 Å². The van der Waals surface area contributed by atoms with Crippen LogP contribution < -0.4 is 23.7 Å². The Hall–Kier alpha value is -3.09. The van der Waals surface area contributed by atoms with E-state index in [-0.39, 0.29) is 19.0 Å². The maximum Gasteiger partial charge on any atom is 0.306 e. The summed E-state index contributed by atoms with van der Waals surface area (Å²) in [6.07, 6.45) is 0.690. The minimum absolute atomic E-state index is 0.106. The summed E-state index contributed by atoms with van der Waals surface area (Å²) in [6, 6.07) is 9.07. The van der Waals surface area contributed by atoms with Crippen molar-refractivity contribution in [3.63, 3.8) is 0 Å². The molecule has 7 heteroatoms. The Balaban J connectivity index is 2.00. The summed E-state index contributed by atoms with van der Waals surface area (Å²) in [4.78, 5) is 12.2. The van der Waals surface area contributed by atoms with Crippen molar-refractivity contribution < 1.29 is 33.2 Å². The van der Waals surface area contributed by atoms with Crippen LogP contribution in [0.25, 0.3) is 0 Å². The van der Waals surface area contributed by atoms with Crippen LogP contribution in [0.4, 0.5) is 0 Å². The van der Waals surface area contributed by atoms with E-state index in [0.717, 1.165) is 11.1 Å². The van der Waals surface area contributed by atoms with Gasteiger partial charge in [0.25, 0.3) is 0 Å². The van der Waals surface area contributed by atoms with Gasteiger partial charge in [0.05, 0.1) is 35.5 Å². The fourth-order valence-electron chi connectivity index (χ4n) is 2.82. The highest BCUT2D eigenvalue weighted by molar-refractivity contribution is 5.70. The van der Waals surface area contributed by atoms with Gasteiger partial charge in [0.15, 0.2) is 23.0 Å². The zero-order chi connectivity index (χ0) is 20.5. The van der Waals surface area contributed by atoms with Crippen LogP contribution >= 0.6 is 0 Å². The Kier molecular flexibility index (Phi) is 7.80. The number of methoxy groups -OCH3 is 5. The van der Waals surface area contributed by atoms with E-state index < -0.39 is 0 Å². The number of aryl methyl sites for hydroxylation is 1. The summed E-state index contributed by atoms with van der Waals surface area (Å²) in [5, 5.41) is 0. The maximum absolute atomic E-state index is 12.2. The Morgan fingerprint density at radius 3 is 1.93 bits per heavy atom. The summed E-state index contributed by atoms with van der Waals surface area (Å²) in [5.74, 6) is 2.44. The summed E-state index contributed by atoms with van der Waals surface area (Å²) >= 11 is 0. The molecule has 2 aromatic carbocycles. The Morgan fingerprint density at radius 1 is 0.786 bits per heavy atom. The number of ether oxygens (including phenoxy) is 6. The highest BCUT2D eigenvalue weighted by Gasteiger charge is 2.15. The number of para-hydroxylation sites is 1. The minimum atomic E-state index is -0.321. The predicted octanol–water partition coefficient (Wildman–Crippen LogP) is 3.41. The van der Waals surface area contributed by atoms with Crippen LogP contribution in [0.1, 0.15) is 17.5 Å². The summed E-state index contributed by atoms with van der Waals surface area (Å²) in [7, 11) is 7.76. The normalized spacial score (nSPS) is 10.2. The van der Waals surface area contributed by atoms with E-state index in [1.54, 1.807) is 41.6 Å². The molecule has 2 rings (SSSR count). The van der Waals surface area contributed by atoms with E-state index in [9.17, 15) is 4.79 Å². The van der Waals surface area contributed by atoms with Gasteiger partial charge in [-0.15, -0.1) is 0 Å². The first-order valence-corrected chi connectivity index (χ1v) is 8.72.